The summed E-state index contributed by atoms with van der Waals surface area (Å²) in [6.07, 6.45) is -5.08. The molecule has 0 radical (unpaired) electrons. The molecule has 0 aromatic carbocycles. The lowest BCUT2D eigenvalue weighted by Crippen LogP contribution is -2.56. The van der Waals surface area contributed by atoms with Gasteiger partial charge >= 0.3 is 26.2 Å². The Bertz CT molecular complexity index is 370. The normalized spacial score (nSPS) is 23.8. The summed E-state index contributed by atoms with van der Waals surface area (Å²) in [6, 6.07) is 0. The lowest BCUT2D eigenvalue weighted by atomic mass is 9.47. The lowest BCUT2D eigenvalue weighted by molar-refractivity contribution is -0.192. The van der Waals surface area contributed by atoms with Gasteiger partial charge in [-0.2, -0.15) is 13.2 Å². The lowest BCUT2D eigenvalue weighted by Gasteiger charge is -2.38. The van der Waals surface area contributed by atoms with Crippen LogP contribution in [0.3, 0.4) is 0 Å². The van der Waals surface area contributed by atoms with Crippen LogP contribution in [0.4, 0.5) is 13.2 Å². The molecule has 2 heterocycles. The maximum absolute atomic E-state index is 10.6. The van der Waals surface area contributed by atoms with Gasteiger partial charge in [0.05, 0.1) is 0 Å². The fraction of sp³-hybridized carbons (Fsp3) is 0.917. The molecule has 0 atom stereocenters. The first-order chi connectivity index (χ1) is 10.3. The topological polar surface area (TPSA) is 74.2 Å². The minimum absolute atomic E-state index is 0.0877. The molecule has 2 aliphatic rings. The van der Waals surface area contributed by atoms with Gasteiger partial charge in [0.1, 0.15) is 0 Å². The molecule has 0 spiro atoms. The Kier molecular flexibility index (Phi) is 6.54. The summed E-state index contributed by atoms with van der Waals surface area (Å²) in [5, 5.41) is 7.12. The molecular weight excluding hydrogens is 319 g/mol. The van der Waals surface area contributed by atoms with Crippen LogP contribution in [-0.4, -0.2) is 57.7 Å². The first kappa shape index (κ1) is 20.3. The Morgan fingerprint density at radius 3 is 1.26 bits per heavy atom. The Hall–Kier alpha value is -0.770. The van der Waals surface area contributed by atoms with Gasteiger partial charge in [0.2, 0.25) is 0 Å². The van der Waals surface area contributed by atoms with Crippen molar-refractivity contribution in [1.29, 1.82) is 0 Å². The van der Waals surface area contributed by atoms with Crippen molar-refractivity contribution in [3.05, 3.63) is 0 Å². The van der Waals surface area contributed by atoms with E-state index < -0.39 is 12.1 Å². The van der Waals surface area contributed by atoms with Gasteiger partial charge in [-0.15, -0.1) is 0 Å². The fourth-order valence-electron chi connectivity index (χ4n) is 1.72. The number of carboxylic acid groups (broad SMARTS) is 1. The van der Waals surface area contributed by atoms with Gasteiger partial charge in [-0.1, -0.05) is 27.7 Å². The molecule has 0 amide bonds. The second-order valence-corrected chi connectivity index (χ2v) is 7.11. The van der Waals surface area contributed by atoms with Gasteiger partial charge in [0.15, 0.2) is 0 Å². The van der Waals surface area contributed by atoms with Crippen molar-refractivity contribution in [3.8, 4) is 0 Å². The highest BCUT2D eigenvalue weighted by Crippen LogP contribution is 2.26. The minimum Gasteiger partial charge on any atom is -0.475 e. The van der Waals surface area contributed by atoms with E-state index in [0.717, 1.165) is 0 Å². The summed E-state index contributed by atoms with van der Waals surface area (Å²) in [5.41, 5.74) is 0.175. The number of alkyl halides is 3. The predicted octanol–water partition coefficient (Wildman–Crippen LogP) is 1.82. The first-order valence-corrected chi connectivity index (χ1v) is 7.09. The van der Waals surface area contributed by atoms with Crippen LogP contribution in [0, 0.1) is 10.8 Å². The number of carbonyl (C=O) groups is 1. The highest BCUT2D eigenvalue weighted by Gasteiger charge is 2.47. The molecule has 1 N–H and O–H groups in total. The summed E-state index contributed by atoms with van der Waals surface area (Å²) in [7, 11) is -0.742. The molecule has 11 heteroatoms. The van der Waals surface area contributed by atoms with Crippen LogP contribution in [0.1, 0.15) is 27.7 Å². The second-order valence-electron chi connectivity index (χ2n) is 7.11. The Morgan fingerprint density at radius 1 is 0.870 bits per heavy atom. The number of rotatable bonds is 1. The van der Waals surface area contributed by atoms with Crippen molar-refractivity contribution >= 4 is 20.0 Å². The van der Waals surface area contributed by atoms with E-state index in [9.17, 15) is 13.2 Å². The monoisotopic (exact) mass is 340 g/mol. The molecule has 0 bridgehead atoms. The molecule has 0 saturated carbocycles. The van der Waals surface area contributed by atoms with Crippen LogP contribution in [0.5, 0.6) is 0 Å². The highest BCUT2D eigenvalue weighted by atomic mass is 19.4. The quantitative estimate of drug-likeness (QED) is 0.734. The molecule has 0 aromatic heterocycles. The van der Waals surface area contributed by atoms with E-state index >= 15 is 0 Å². The molecular formula is C12H21B2F3O6. The molecule has 6 nitrogen and oxygen atoms in total. The maximum atomic E-state index is 10.6. The van der Waals surface area contributed by atoms with E-state index in [1.165, 1.54) is 0 Å². The van der Waals surface area contributed by atoms with Crippen LogP contribution < -0.4 is 0 Å². The molecule has 2 rings (SSSR count). The number of aliphatic carboxylic acids is 1. The number of carboxylic acids is 1. The minimum atomic E-state index is -5.08. The SMILES string of the molecule is CC1(C)COB(B2OCC(C)(C)CO2)OC1.O=C(O)C(F)(F)F. The van der Waals surface area contributed by atoms with Crippen molar-refractivity contribution in [3.63, 3.8) is 0 Å². The zero-order valence-corrected chi connectivity index (χ0v) is 13.6. The standard InChI is InChI=1S/C10H20B2O4.C2HF3O2/c1-9(2)5-13-11(14-6-9)12-15-7-10(3,4)8-16-12;3-2(4,5)1(6)7/h5-8H2,1-4H3;(H,6,7). The molecule has 2 aliphatic heterocycles. The second kappa shape index (κ2) is 7.42. The van der Waals surface area contributed by atoms with Crippen molar-refractivity contribution in [2.75, 3.05) is 26.4 Å². The van der Waals surface area contributed by atoms with Crippen LogP contribution in [0.2, 0.25) is 0 Å². The Morgan fingerprint density at radius 2 is 1.09 bits per heavy atom. The van der Waals surface area contributed by atoms with Gasteiger partial charge in [-0.05, 0) is 0 Å². The van der Waals surface area contributed by atoms with Crippen molar-refractivity contribution in [1.82, 2.24) is 0 Å². The smallest absolute Gasteiger partial charge is 0.475 e. The van der Waals surface area contributed by atoms with Crippen LogP contribution in [0.25, 0.3) is 0 Å². The van der Waals surface area contributed by atoms with Gasteiger partial charge in [0, 0.05) is 37.3 Å². The molecule has 0 unspecified atom stereocenters. The summed E-state index contributed by atoms with van der Waals surface area (Å²) in [5.74, 6) is -2.76. The van der Waals surface area contributed by atoms with Gasteiger partial charge < -0.3 is 23.7 Å². The summed E-state index contributed by atoms with van der Waals surface area (Å²) in [6.45, 7) is 11.2. The zero-order valence-electron chi connectivity index (χ0n) is 13.6. The number of halogens is 3. The van der Waals surface area contributed by atoms with E-state index in [-0.39, 0.29) is 24.8 Å². The summed E-state index contributed by atoms with van der Waals surface area (Å²) >= 11 is 0. The predicted molar refractivity (Wildman–Crippen MR) is 76.6 cm³/mol. The van der Waals surface area contributed by atoms with Gasteiger partial charge in [-0.3, -0.25) is 0 Å². The third-order valence-electron chi connectivity index (χ3n) is 3.02. The van der Waals surface area contributed by atoms with Gasteiger partial charge in [-0.25, -0.2) is 4.79 Å². The van der Waals surface area contributed by atoms with Crippen LogP contribution in [-0.2, 0) is 23.4 Å². The maximum Gasteiger partial charge on any atom is 0.490 e. The molecule has 0 aromatic rings. The zero-order chi connectivity index (χ0) is 17.9. The third kappa shape index (κ3) is 7.11. The fourth-order valence-corrected chi connectivity index (χ4v) is 1.72. The highest BCUT2D eigenvalue weighted by molar-refractivity contribution is 7.10. The number of hydrogen-bond acceptors (Lipinski definition) is 5. The molecule has 2 saturated heterocycles. The molecule has 0 aliphatic carbocycles. The van der Waals surface area contributed by atoms with Crippen molar-refractivity contribution in [2.45, 2.75) is 33.9 Å². The molecule has 2 fully saturated rings. The molecule has 132 valence electrons. The number of hydrogen-bond donors (Lipinski definition) is 1. The van der Waals surface area contributed by atoms with Crippen LogP contribution >= 0.6 is 0 Å². The van der Waals surface area contributed by atoms with E-state index in [0.29, 0.717) is 26.4 Å². The summed E-state index contributed by atoms with van der Waals surface area (Å²) < 4.78 is 54.3. The van der Waals surface area contributed by atoms with E-state index in [2.05, 4.69) is 27.7 Å². The third-order valence-corrected chi connectivity index (χ3v) is 3.02. The van der Waals surface area contributed by atoms with E-state index in [4.69, 9.17) is 28.5 Å². The van der Waals surface area contributed by atoms with Crippen molar-refractivity contribution in [2.24, 2.45) is 10.8 Å². The van der Waals surface area contributed by atoms with Crippen LogP contribution in [0.15, 0.2) is 0 Å². The Balaban J connectivity index is 0.000000322. The molecule has 23 heavy (non-hydrogen) atoms. The van der Waals surface area contributed by atoms with Crippen molar-refractivity contribution < 1.29 is 41.7 Å². The first-order valence-electron chi connectivity index (χ1n) is 7.09. The average Bonchev–Trinajstić information content (AvgIpc) is 2.39. The van der Waals surface area contributed by atoms with E-state index in [1.807, 2.05) is 0 Å². The van der Waals surface area contributed by atoms with E-state index in [1.54, 1.807) is 0 Å². The van der Waals surface area contributed by atoms with Gasteiger partial charge in [0.25, 0.3) is 0 Å². The average molecular weight is 340 g/mol. The summed E-state index contributed by atoms with van der Waals surface area (Å²) in [4.78, 5) is 8.90. The Labute approximate surface area is 133 Å². The largest absolute Gasteiger partial charge is 0.490 e.